The number of hydrogen-bond acceptors (Lipinski definition) is 4. The van der Waals surface area contributed by atoms with Gasteiger partial charge in [0.25, 0.3) is 0 Å². The molecule has 0 unspecified atom stereocenters. The zero-order valence-electron chi connectivity index (χ0n) is 7.03. The Balaban J connectivity index is 2.46. The first kappa shape index (κ1) is 9.19. The van der Waals surface area contributed by atoms with Crippen LogP contribution < -0.4 is 4.72 Å². The molecule has 1 aliphatic heterocycles. The minimum atomic E-state index is -0.209. The molecule has 3 nitrogen and oxygen atoms in total. The molecule has 0 aromatic carbocycles. The first-order valence-electron chi connectivity index (χ1n) is 3.69. The van der Waals surface area contributed by atoms with Gasteiger partial charge in [-0.3, -0.25) is 4.79 Å². The van der Waals surface area contributed by atoms with Crippen molar-refractivity contribution in [2.75, 3.05) is 0 Å². The van der Waals surface area contributed by atoms with E-state index in [1.165, 1.54) is 11.9 Å². The summed E-state index contributed by atoms with van der Waals surface area (Å²) >= 11 is 1.44. The largest absolute Gasteiger partial charge is 0.425 e. The highest BCUT2D eigenvalue weighted by Gasteiger charge is 2.10. The molecule has 0 fully saturated rings. The summed E-state index contributed by atoms with van der Waals surface area (Å²) in [7, 11) is 0. The van der Waals surface area contributed by atoms with E-state index < -0.39 is 0 Å². The SMILES string of the molecule is CC(C)C(=O)OC1=CNSC=C1. The monoisotopic (exact) mass is 185 g/mol. The first-order chi connectivity index (χ1) is 5.70. The van der Waals surface area contributed by atoms with Crippen LogP contribution in [0.2, 0.25) is 0 Å². The van der Waals surface area contributed by atoms with Gasteiger partial charge in [-0.05, 0) is 23.4 Å². The molecular formula is C8H11NO2S. The van der Waals surface area contributed by atoms with E-state index in [-0.39, 0.29) is 11.9 Å². The predicted molar refractivity (Wildman–Crippen MR) is 48.9 cm³/mol. The quantitative estimate of drug-likeness (QED) is 0.526. The van der Waals surface area contributed by atoms with E-state index in [2.05, 4.69) is 4.72 Å². The summed E-state index contributed by atoms with van der Waals surface area (Å²) < 4.78 is 7.88. The lowest BCUT2D eigenvalue weighted by molar-refractivity contribution is -0.142. The Kier molecular flexibility index (Phi) is 3.22. The Hall–Kier alpha value is -0.900. The molecule has 0 aromatic heterocycles. The lowest BCUT2D eigenvalue weighted by Gasteiger charge is -2.09. The number of carbonyl (C=O) groups excluding carboxylic acids is 1. The molecule has 0 amide bonds. The van der Waals surface area contributed by atoms with Crippen molar-refractivity contribution in [2.24, 2.45) is 5.92 Å². The van der Waals surface area contributed by atoms with E-state index in [1.54, 1.807) is 26.1 Å². The van der Waals surface area contributed by atoms with Gasteiger partial charge in [-0.15, -0.1) is 0 Å². The van der Waals surface area contributed by atoms with Crippen LogP contribution in [0.15, 0.2) is 23.4 Å². The zero-order chi connectivity index (χ0) is 8.97. The van der Waals surface area contributed by atoms with E-state index in [9.17, 15) is 4.79 Å². The van der Waals surface area contributed by atoms with E-state index in [4.69, 9.17) is 4.74 Å². The van der Waals surface area contributed by atoms with Gasteiger partial charge in [0, 0.05) is 0 Å². The summed E-state index contributed by atoms with van der Waals surface area (Å²) in [5.74, 6) is 0.265. The molecule has 0 saturated carbocycles. The highest BCUT2D eigenvalue weighted by Crippen LogP contribution is 2.11. The number of hydrogen-bond donors (Lipinski definition) is 1. The molecule has 66 valence electrons. The smallest absolute Gasteiger partial charge is 0.313 e. The Labute approximate surface area is 76.0 Å². The van der Waals surface area contributed by atoms with Gasteiger partial charge in [0.2, 0.25) is 0 Å². The fraction of sp³-hybridized carbons (Fsp3) is 0.375. The molecule has 1 N–H and O–H groups in total. The Morgan fingerprint density at radius 1 is 1.67 bits per heavy atom. The zero-order valence-corrected chi connectivity index (χ0v) is 7.85. The maximum atomic E-state index is 11.1. The molecule has 0 atom stereocenters. The average molecular weight is 185 g/mol. The minimum Gasteiger partial charge on any atom is -0.425 e. The van der Waals surface area contributed by atoms with Crippen LogP contribution in [-0.4, -0.2) is 5.97 Å². The number of carbonyl (C=O) groups is 1. The Morgan fingerprint density at radius 2 is 2.42 bits per heavy atom. The lowest BCUT2D eigenvalue weighted by atomic mass is 10.2. The number of rotatable bonds is 2. The maximum Gasteiger partial charge on any atom is 0.313 e. The summed E-state index contributed by atoms with van der Waals surface area (Å²) in [5, 5.41) is 1.82. The van der Waals surface area contributed by atoms with Gasteiger partial charge in [-0.1, -0.05) is 13.8 Å². The number of ether oxygens (including phenoxy) is 1. The van der Waals surface area contributed by atoms with Crippen molar-refractivity contribution in [3.63, 3.8) is 0 Å². The average Bonchev–Trinajstić information content (AvgIpc) is 2.06. The summed E-state index contributed by atoms with van der Waals surface area (Å²) in [6, 6.07) is 0. The van der Waals surface area contributed by atoms with Gasteiger partial charge in [0.1, 0.15) is 5.76 Å². The van der Waals surface area contributed by atoms with E-state index in [0.29, 0.717) is 5.76 Å². The molecule has 0 bridgehead atoms. The standard InChI is InChI=1S/C8H11NO2S/c1-6(2)8(10)11-7-3-4-12-9-5-7/h3-6,9H,1-2H3. The normalized spacial score (nSPS) is 15.4. The van der Waals surface area contributed by atoms with Gasteiger partial charge >= 0.3 is 5.97 Å². The van der Waals surface area contributed by atoms with E-state index in [1.807, 2.05) is 5.41 Å². The van der Waals surface area contributed by atoms with Crippen molar-refractivity contribution in [3.05, 3.63) is 23.4 Å². The predicted octanol–water partition coefficient (Wildman–Crippen LogP) is 1.79. The molecule has 1 heterocycles. The highest BCUT2D eigenvalue weighted by atomic mass is 32.2. The van der Waals surface area contributed by atoms with Crippen LogP contribution in [0.3, 0.4) is 0 Å². The molecule has 0 aliphatic carbocycles. The molecule has 0 aromatic rings. The number of nitrogens with one attached hydrogen (secondary N) is 1. The van der Waals surface area contributed by atoms with Gasteiger partial charge < -0.3 is 9.46 Å². The molecule has 1 aliphatic rings. The third-order valence-corrected chi connectivity index (χ3v) is 1.79. The second-order valence-corrected chi connectivity index (χ2v) is 3.40. The molecule has 1 rings (SSSR count). The fourth-order valence-corrected chi connectivity index (χ4v) is 1.04. The lowest BCUT2D eigenvalue weighted by Crippen LogP contribution is -2.12. The number of esters is 1. The third-order valence-electron chi connectivity index (χ3n) is 1.26. The molecule has 12 heavy (non-hydrogen) atoms. The minimum absolute atomic E-state index is 0.0890. The van der Waals surface area contributed by atoms with Crippen LogP contribution in [0, 0.1) is 5.92 Å². The van der Waals surface area contributed by atoms with E-state index >= 15 is 0 Å². The van der Waals surface area contributed by atoms with Crippen molar-refractivity contribution in [1.82, 2.24) is 4.72 Å². The summed E-state index contributed by atoms with van der Waals surface area (Å²) in [6.07, 6.45) is 3.41. The van der Waals surface area contributed by atoms with Crippen molar-refractivity contribution < 1.29 is 9.53 Å². The van der Waals surface area contributed by atoms with Gasteiger partial charge in [-0.2, -0.15) is 0 Å². The van der Waals surface area contributed by atoms with Crippen molar-refractivity contribution >= 4 is 17.9 Å². The van der Waals surface area contributed by atoms with E-state index in [0.717, 1.165) is 0 Å². The van der Waals surface area contributed by atoms with Crippen LogP contribution >= 0.6 is 11.9 Å². The highest BCUT2D eigenvalue weighted by molar-refractivity contribution is 8.00. The van der Waals surface area contributed by atoms with Crippen LogP contribution in [0.5, 0.6) is 0 Å². The van der Waals surface area contributed by atoms with Crippen molar-refractivity contribution in [1.29, 1.82) is 0 Å². The van der Waals surface area contributed by atoms with Crippen molar-refractivity contribution in [2.45, 2.75) is 13.8 Å². The van der Waals surface area contributed by atoms with Crippen molar-refractivity contribution in [3.8, 4) is 0 Å². The Morgan fingerprint density at radius 3 is 2.92 bits per heavy atom. The molecule has 4 heteroatoms. The van der Waals surface area contributed by atoms with Crippen LogP contribution in [-0.2, 0) is 9.53 Å². The van der Waals surface area contributed by atoms with Gasteiger partial charge in [-0.25, -0.2) is 0 Å². The molecule has 0 radical (unpaired) electrons. The molecular weight excluding hydrogens is 174 g/mol. The topological polar surface area (TPSA) is 38.3 Å². The van der Waals surface area contributed by atoms with Gasteiger partial charge in [0.15, 0.2) is 0 Å². The van der Waals surface area contributed by atoms with Crippen LogP contribution in [0.1, 0.15) is 13.8 Å². The molecule has 0 saturated heterocycles. The second kappa shape index (κ2) is 4.21. The van der Waals surface area contributed by atoms with Crippen LogP contribution in [0.25, 0.3) is 0 Å². The molecule has 0 spiro atoms. The maximum absolute atomic E-state index is 11.1. The summed E-state index contributed by atoms with van der Waals surface area (Å²) in [6.45, 7) is 3.61. The third kappa shape index (κ3) is 2.62. The summed E-state index contributed by atoms with van der Waals surface area (Å²) in [4.78, 5) is 11.1. The fourth-order valence-electron chi connectivity index (χ4n) is 0.578. The first-order valence-corrected chi connectivity index (χ1v) is 4.57. The van der Waals surface area contributed by atoms with Crippen LogP contribution in [0.4, 0.5) is 0 Å². The second-order valence-electron chi connectivity index (χ2n) is 2.66. The summed E-state index contributed by atoms with van der Waals surface area (Å²) in [5.41, 5.74) is 0. The number of allylic oxidation sites excluding steroid dienone is 1. The Bertz CT molecular complexity index is 233. The van der Waals surface area contributed by atoms with Gasteiger partial charge in [0.05, 0.1) is 12.1 Å².